The molecule has 0 amide bonds. The summed E-state index contributed by atoms with van der Waals surface area (Å²) in [5.41, 5.74) is 0.136. The lowest BCUT2D eigenvalue weighted by atomic mass is 10.0. The highest BCUT2D eigenvalue weighted by molar-refractivity contribution is 5.85. The lowest BCUT2D eigenvalue weighted by Gasteiger charge is -2.13. The Kier molecular flexibility index (Phi) is 13.5. The fraction of sp³-hybridized carbons (Fsp3) is 0.600. The number of hydrogen-bond acceptors (Lipinski definition) is 3. The molecular weight excluding hydrogens is 319 g/mol. The van der Waals surface area contributed by atoms with E-state index in [-0.39, 0.29) is 31.7 Å². The molecule has 0 heterocycles. The lowest BCUT2D eigenvalue weighted by molar-refractivity contribution is -0.137. The molecule has 0 aliphatic carbocycles. The van der Waals surface area contributed by atoms with Crippen molar-refractivity contribution in [2.45, 2.75) is 38.9 Å². The highest BCUT2D eigenvalue weighted by Gasteiger charge is 2.30. The molecule has 0 saturated carbocycles. The summed E-state index contributed by atoms with van der Waals surface area (Å²) in [5, 5.41) is 19.0. The average Bonchev–Trinajstić information content (AvgIpc) is 2.40. The van der Waals surface area contributed by atoms with Gasteiger partial charge in [0.2, 0.25) is 0 Å². The van der Waals surface area contributed by atoms with Crippen LogP contribution >= 0.6 is 12.4 Å². The predicted octanol–water partition coefficient (Wildman–Crippen LogP) is 3.03. The molecule has 1 rings (SSSR count). The first-order chi connectivity index (χ1) is 9.85. The first-order valence-electron chi connectivity index (χ1n) is 6.96. The minimum atomic E-state index is -4.25. The maximum absolute atomic E-state index is 12.4. The van der Waals surface area contributed by atoms with Gasteiger partial charge in [-0.1, -0.05) is 25.1 Å². The number of aliphatic hydroxyl groups excluding tert-OH is 2. The molecule has 0 spiro atoms. The zero-order chi connectivity index (χ0) is 16.3. The molecule has 0 aliphatic heterocycles. The zero-order valence-corrected chi connectivity index (χ0v) is 13.7. The van der Waals surface area contributed by atoms with E-state index in [4.69, 9.17) is 10.2 Å². The van der Waals surface area contributed by atoms with Gasteiger partial charge >= 0.3 is 6.18 Å². The number of likely N-dealkylation sites (N-methyl/N-ethyl adjacent to an activating group) is 1. The monoisotopic (exact) mass is 343 g/mol. The predicted molar refractivity (Wildman–Crippen MR) is 84.3 cm³/mol. The summed E-state index contributed by atoms with van der Waals surface area (Å²) in [6, 6.07) is 5.68. The van der Waals surface area contributed by atoms with E-state index in [9.17, 15) is 13.2 Å². The number of rotatable bonds is 6. The third-order valence-electron chi connectivity index (χ3n) is 2.67. The van der Waals surface area contributed by atoms with Crippen molar-refractivity contribution in [3.63, 3.8) is 0 Å². The second-order valence-electron chi connectivity index (χ2n) is 4.66. The lowest BCUT2D eigenvalue weighted by Crippen LogP contribution is -2.27. The van der Waals surface area contributed by atoms with Gasteiger partial charge in [0.1, 0.15) is 0 Å². The van der Waals surface area contributed by atoms with Crippen molar-refractivity contribution >= 4 is 12.4 Å². The molecule has 0 radical (unpaired) electrons. The van der Waals surface area contributed by atoms with Crippen LogP contribution in [0.25, 0.3) is 0 Å². The first kappa shape index (κ1) is 23.4. The van der Waals surface area contributed by atoms with Crippen molar-refractivity contribution in [2.24, 2.45) is 0 Å². The fourth-order valence-electron chi connectivity index (χ4n) is 1.72. The van der Waals surface area contributed by atoms with Crippen LogP contribution in [0.15, 0.2) is 24.3 Å². The van der Waals surface area contributed by atoms with Crippen molar-refractivity contribution < 1.29 is 23.4 Å². The van der Waals surface area contributed by atoms with Crippen molar-refractivity contribution in [2.75, 3.05) is 19.8 Å². The number of alkyl halides is 3. The molecule has 0 aromatic heterocycles. The van der Waals surface area contributed by atoms with Crippen LogP contribution in [0.2, 0.25) is 0 Å². The van der Waals surface area contributed by atoms with E-state index in [1.54, 1.807) is 6.07 Å². The Hall–Kier alpha value is -0.820. The number of aliphatic hydroxyl groups is 2. The number of hydrogen-bond donors (Lipinski definition) is 3. The first-order valence-corrected chi connectivity index (χ1v) is 6.96. The van der Waals surface area contributed by atoms with Gasteiger partial charge in [-0.15, -0.1) is 12.4 Å². The highest BCUT2D eigenvalue weighted by Crippen LogP contribution is 2.29. The quantitative estimate of drug-likeness (QED) is 0.744. The summed E-state index contributed by atoms with van der Waals surface area (Å²) < 4.78 is 37.3. The Morgan fingerprint density at radius 1 is 1.18 bits per heavy atom. The zero-order valence-electron chi connectivity index (χ0n) is 12.9. The van der Waals surface area contributed by atoms with Gasteiger partial charge in [0.05, 0.1) is 5.56 Å². The Labute approximate surface area is 136 Å². The van der Waals surface area contributed by atoms with E-state index in [1.165, 1.54) is 12.1 Å². The van der Waals surface area contributed by atoms with Crippen molar-refractivity contribution in [3.8, 4) is 0 Å². The molecule has 3 nitrogen and oxygen atoms in total. The molecule has 3 N–H and O–H groups in total. The van der Waals surface area contributed by atoms with Gasteiger partial charge in [-0.25, -0.2) is 0 Å². The van der Waals surface area contributed by atoms with Gasteiger partial charge in [-0.3, -0.25) is 0 Å². The van der Waals surface area contributed by atoms with E-state index >= 15 is 0 Å². The smallest absolute Gasteiger partial charge is 0.396 e. The minimum Gasteiger partial charge on any atom is -0.396 e. The SMILES string of the molecule is CCNC(C)Cc1cccc(C(F)(F)F)c1.Cl.OCCCO. The molecule has 130 valence electrons. The minimum absolute atomic E-state index is 0. The fourth-order valence-corrected chi connectivity index (χ4v) is 1.72. The topological polar surface area (TPSA) is 52.5 Å². The number of nitrogens with one attached hydrogen (secondary N) is 1. The van der Waals surface area contributed by atoms with Gasteiger partial charge < -0.3 is 15.5 Å². The molecule has 1 aromatic rings. The Balaban J connectivity index is 0. The molecular formula is C15H25ClF3NO2. The van der Waals surface area contributed by atoms with Gasteiger partial charge in [0.25, 0.3) is 0 Å². The van der Waals surface area contributed by atoms with Crippen LogP contribution in [0.1, 0.15) is 31.4 Å². The molecule has 0 saturated heterocycles. The normalized spacial score (nSPS) is 12.0. The third-order valence-corrected chi connectivity index (χ3v) is 2.67. The summed E-state index contributed by atoms with van der Waals surface area (Å²) in [6.45, 7) is 4.94. The summed E-state index contributed by atoms with van der Waals surface area (Å²) in [7, 11) is 0. The van der Waals surface area contributed by atoms with Crippen LogP contribution in [0.5, 0.6) is 0 Å². The van der Waals surface area contributed by atoms with Crippen LogP contribution in [-0.4, -0.2) is 36.0 Å². The van der Waals surface area contributed by atoms with Crippen molar-refractivity contribution in [1.29, 1.82) is 0 Å². The number of benzene rings is 1. The largest absolute Gasteiger partial charge is 0.416 e. The van der Waals surface area contributed by atoms with Gasteiger partial charge in [-0.05, 0) is 37.9 Å². The van der Waals surface area contributed by atoms with E-state index in [2.05, 4.69) is 5.32 Å². The van der Waals surface area contributed by atoms with Crippen LogP contribution in [0.3, 0.4) is 0 Å². The van der Waals surface area contributed by atoms with Crippen LogP contribution < -0.4 is 5.32 Å². The van der Waals surface area contributed by atoms with Crippen LogP contribution in [0.4, 0.5) is 13.2 Å². The Morgan fingerprint density at radius 2 is 1.77 bits per heavy atom. The number of halogens is 4. The van der Waals surface area contributed by atoms with Gasteiger partial charge in [0, 0.05) is 19.3 Å². The highest BCUT2D eigenvalue weighted by atomic mass is 35.5. The summed E-state index contributed by atoms with van der Waals surface area (Å²) in [4.78, 5) is 0. The van der Waals surface area contributed by atoms with E-state index < -0.39 is 11.7 Å². The standard InChI is InChI=1S/C12H16F3N.C3H8O2.ClH/c1-3-16-9(2)7-10-5-4-6-11(8-10)12(13,14)15;4-2-1-3-5;/h4-6,8-9,16H,3,7H2,1-2H3;4-5H,1-3H2;1H. The van der Waals surface area contributed by atoms with Crippen LogP contribution in [0, 0.1) is 0 Å². The second kappa shape index (κ2) is 12.7. The molecule has 1 unspecified atom stereocenters. The summed E-state index contributed by atoms with van der Waals surface area (Å²) in [5.74, 6) is 0. The molecule has 0 aliphatic rings. The summed E-state index contributed by atoms with van der Waals surface area (Å²) >= 11 is 0. The molecule has 22 heavy (non-hydrogen) atoms. The molecule has 1 atom stereocenters. The second-order valence-corrected chi connectivity index (χ2v) is 4.66. The Bertz CT molecular complexity index is 387. The van der Waals surface area contributed by atoms with Crippen molar-refractivity contribution in [3.05, 3.63) is 35.4 Å². The van der Waals surface area contributed by atoms with Crippen LogP contribution in [-0.2, 0) is 12.6 Å². The summed E-state index contributed by atoms with van der Waals surface area (Å²) in [6.07, 6.45) is -3.14. The van der Waals surface area contributed by atoms with E-state index in [0.29, 0.717) is 18.4 Å². The maximum Gasteiger partial charge on any atom is 0.416 e. The molecule has 7 heteroatoms. The maximum atomic E-state index is 12.4. The van der Waals surface area contributed by atoms with E-state index in [0.717, 1.165) is 12.6 Å². The molecule has 0 bridgehead atoms. The Morgan fingerprint density at radius 3 is 2.18 bits per heavy atom. The third kappa shape index (κ3) is 10.8. The molecule has 0 fully saturated rings. The van der Waals surface area contributed by atoms with Gasteiger partial charge in [0.15, 0.2) is 0 Å². The van der Waals surface area contributed by atoms with Gasteiger partial charge in [-0.2, -0.15) is 13.2 Å². The average molecular weight is 344 g/mol. The molecule has 1 aromatic carbocycles. The van der Waals surface area contributed by atoms with Crippen molar-refractivity contribution in [1.82, 2.24) is 5.32 Å². The van der Waals surface area contributed by atoms with E-state index in [1.807, 2.05) is 13.8 Å².